The average Bonchev–Trinajstić information content (AvgIpc) is 2.51. The fourth-order valence-corrected chi connectivity index (χ4v) is 2.13. The maximum Gasteiger partial charge on any atom is 0.265 e. The van der Waals surface area contributed by atoms with Crippen molar-refractivity contribution in [3.8, 4) is 5.75 Å². The Labute approximate surface area is 136 Å². The molecule has 1 unspecified atom stereocenters. The topological polar surface area (TPSA) is 38.3 Å². The van der Waals surface area contributed by atoms with Gasteiger partial charge in [-0.2, -0.15) is 0 Å². The molecule has 3 nitrogen and oxygen atoms in total. The predicted molar refractivity (Wildman–Crippen MR) is 90.7 cm³/mol. The lowest BCUT2D eigenvalue weighted by Crippen LogP contribution is -2.30. The number of rotatable bonds is 5. The highest BCUT2D eigenvalue weighted by atomic mass is 35.5. The number of halogens is 1. The summed E-state index contributed by atoms with van der Waals surface area (Å²) in [6.45, 7) is 5.71. The van der Waals surface area contributed by atoms with Crippen molar-refractivity contribution in [1.82, 2.24) is 0 Å². The molecule has 0 aliphatic rings. The molecule has 2 aromatic carbocycles. The van der Waals surface area contributed by atoms with Crippen LogP contribution < -0.4 is 10.1 Å². The van der Waals surface area contributed by atoms with Crippen molar-refractivity contribution in [2.45, 2.75) is 33.3 Å². The molecule has 0 saturated carbocycles. The van der Waals surface area contributed by atoms with Crippen LogP contribution in [0.3, 0.4) is 0 Å². The van der Waals surface area contributed by atoms with Gasteiger partial charge in [-0.15, -0.1) is 0 Å². The van der Waals surface area contributed by atoms with E-state index >= 15 is 0 Å². The Kier molecular flexibility index (Phi) is 5.45. The van der Waals surface area contributed by atoms with Gasteiger partial charge >= 0.3 is 0 Å². The number of hydrogen-bond acceptors (Lipinski definition) is 2. The first-order valence-corrected chi connectivity index (χ1v) is 7.70. The third-order valence-electron chi connectivity index (χ3n) is 3.44. The first-order chi connectivity index (χ1) is 10.5. The van der Waals surface area contributed by atoms with Gasteiger partial charge in [0.25, 0.3) is 5.91 Å². The fourth-order valence-electron chi connectivity index (χ4n) is 2.02. The predicted octanol–water partition coefficient (Wildman–Crippen LogP) is 4.62. The molecule has 2 rings (SSSR count). The number of hydrogen-bond donors (Lipinski definition) is 1. The molecule has 0 spiro atoms. The molecule has 0 saturated heterocycles. The zero-order valence-electron chi connectivity index (χ0n) is 13.0. The fraction of sp³-hybridized carbons (Fsp3) is 0.278. The molecule has 1 atom stereocenters. The second-order valence-corrected chi connectivity index (χ2v) is 5.62. The van der Waals surface area contributed by atoms with Crippen molar-refractivity contribution in [1.29, 1.82) is 0 Å². The third-order valence-corrected chi connectivity index (χ3v) is 3.87. The maximum absolute atomic E-state index is 12.2. The Bertz CT molecular complexity index is 653. The summed E-state index contributed by atoms with van der Waals surface area (Å²) < 4.78 is 5.66. The first kappa shape index (κ1) is 16.4. The summed E-state index contributed by atoms with van der Waals surface area (Å²) in [5.74, 6) is 0.447. The second-order valence-electron chi connectivity index (χ2n) is 5.21. The lowest BCUT2D eigenvalue weighted by molar-refractivity contribution is -0.122. The molecule has 0 bridgehead atoms. The number of anilines is 1. The molecule has 0 aromatic heterocycles. The van der Waals surface area contributed by atoms with E-state index in [-0.39, 0.29) is 5.91 Å². The number of ether oxygens (including phenoxy) is 1. The minimum absolute atomic E-state index is 0.183. The van der Waals surface area contributed by atoms with Gasteiger partial charge in [0.15, 0.2) is 6.10 Å². The van der Waals surface area contributed by atoms with E-state index in [0.717, 1.165) is 17.7 Å². The standard InChI is InChI=1S/C18H20ClNO2/c1-4-14-5-7-15(8-6-14)20-18(21)13(3)22-16-9-10-17(19)12(2)11-16/h5-11,13H,4H2,1-3H3,(H,20,21). The minimum atomic E-state index is -0.591. The van der Waals surface area contributed by atoms with Gasteiger partial charge in [0.1, 0.15) is 5.75 Å². The Hall–Kier alpha value is -2.00. The van der Waals surface area contributed by atoms with E-state index in [2.05, 4.69) is 12.2 Å². The smallest absolute Gasteiger partial charge is 0.265 e. The summed E-state index contributed by atoms with van der Waals surface area (Å²) in [6, 6.07) is 13.1. The van der Waals surface area contributed by atoms with Crippen molar-refractivity contribution in [2.75, 3.05) is 5.32 Å². The molecule has 1 amide bonds. The van der Waals surface area contributed by atoms with E-state index in [0.29, 0.717) is 10.8 Å². The van der Waals surface area contributed by atoms with Gasteiger partial charge in [-0.05, 0) is 61.7 Å². The zero-order chi connectivity index (χ0) is 16.1. The molecule has 0 aliphatic carbocycles. The molecule has 1 N–H and O–H groups in total. The first-order valence-electron chi connectivity index (χ1n) is 7.32. The van der Waals surface area contributed by atoms with Crippen LogP contribution in [0.4, 0.5) is 5.69 Å². The van der Waals surface area contributed by atoms with Gasteiger partial charge in [0, 0.05) is 10.7 Å². The minimum Gasteiger partial charge on any atom is -0.481 e. The highest BCUT2D eigenvalue weighted by Gasteiger charge is 2.15. The molecule has 4 heteroatoms. The highest BCUT2D eigenvalue weighted by Crippen LogP contribution is 2.22. The monoisotopic (exact) mass is 317 g/mol. The molecule has 2 aromatic rings. The van der Waals surface area contributed by atoms with Crippen LogP contribution in [0.1, 0.15) is 25.0 Å². The lowest BCUT2D eigenvalue weighted by Gasteiger charge is -2.15. The van der Waals surface area contributed by atoms with Gasteiger partial charge in [-0.1, -0.05) is 30.7 Å². The summed E-state index contributed by atoms with van der Waals surface area (Å²) >= 11 is 5.98. The van der Waals surface area contributed by atoms with E-state index in [9.17, 15) is 4.79 Å². The number of amides is 1. The maximum atomic E-state index is 12.2. The molecule has 116 valence electrons. The molecule has 0 fully saturated rings. The number of carbonyl (C=O) groups excluding carboxylic acids is 1. The summed E-state index contributed by atoms with van der Waals surface area (Å²) in [4.78, 5) is 12.2. The Balaban J connectivity index is 1.97. The van der Waals surface area contributed by atoms with Gasteiger partial charge in [-0.3, -0.25) is 4.79 Å². The summed E-state index contributed by atoms with van der Waals surface area (Å²) in [5.41, 5.74) is 2.92. The highest BCUT2D eigenvalue weighted by molar-refractivity contribution is 6.31. The normalized spacial score (nSPS) is 11.8. The van der Waals surface area contributed by atoms with Crippen LogP contribution in [0.5, 0.6) is 5.75 Å². The second kappa shape index (κ2) is 7.32. The van der Waals surface area contributed by atoms with E-state index < -0.39 is 6.10 Å². The SMILES string of the molecule is CCc1ccc(NC(=O)C(C)Oc2ccc(Cl)c(C)c2)cc1. The number of aryl methyl sites for hydroxylation is 2. The Morgan fingerprint density at radius 1 is 1.23 bits per heavy atom. The van der Waals surface area contributed by atoms with Crippen LogP contribution in [0, 0.1) is 6.92 Å². The zero-order valence-corrected chi connectivity index (χ0v) is 13.8. The van der Waals surface area contributed by atoms with Crippen LogP contribution >= 0.6 is 11.6 Å². The van der Waals surface area contributed by atoms with E-state index in [4.69, 9.17) is 16.3 Å². The summed E-state index contributed by atoms with van der Waals surface area (Å²) in [5, 5.41) is 3.53. The van der Waals surface area contributed by atoms with E-state index in [1.54, 1.807) is 19.1 Å². The van der Waals surface area contributed by atoms with Crippen LogP contribution in [-0.2, 0) is 11.2 Å². The Morgan fingerprint density at radius 3 is 2.50 bits per heavy atom. The van der Waals surface area contributed by atoms with Crippen molar-refractivity contribution >= 4 is 23.2 Å². The van der Waals surface area contributed by atoms with Crippen molar-refractivity contribution in [3.63, 3.8) is 0 Å². The van der Waals surface area contributed by atoms with Crippen LogP contribution in [0.15, 0.2) is 42.5 Å². The largest absolute Gasteiger partial charge is 0.481 e. The van der Waals surface area contributed by atoms with Crippen LogP contribution in [0.25, 0.3) is 0 Å². The van der Waals surface area contributed by atoms with Crippen molar-refractivity contribution in [2.24, 2.45) is 0 Å². The average molecular weight is 318 g/mol. The third kappa shape index (κ3) is 4.25. The van der Waals surface area contributed by atoms with Gasteiger partial charge in [-0.25, -0.2) is 0 Å². The van der Waals surface area contributed by atoms with Gasteiger partial charge in [0.05, 0.1) is 0 Å². The summed E-state index contributed by atoms with van der Waals surface area (Å²) in [7, 11) is 0. The van der Waals surface area contributed by atoms with E-state index in [1.165, 1.54) is 5.56 Å². The molecule has 0 radical (unpaired) electrons. The van der Waals surface area contributed by atoms with E-state index in [1.807, 2.05) is 37.3 Å². The lowest BCUT2D eigenvalue weighted by atomic mass is 10.1. The molecular weight excluding hydrogens is 298 g/mol. The molecule has 0 heterocycles. The molecular formula is C18H20ClNO2. The number of carbonyl (C=O) groups is 1. The van der Waals surface area contributed by atoms with Gasteiger partial charge < -0.3 is 10.1 Å². The molecule has 0 aliphatic heterocycles. The van der Waals surface area contributed by atoms with Crippen LogP contribution in [-0.4, -0.2) is 12.0 Å². The number of benzene rings is 2. The van der Waals surface area contributed by atoms with Crippen molar-refractivity contribution < 1.29 is 9.53 Å². The van der Waals surface area contributed by atoms with Crippen LogP contribution in [0.2, 0.25) is 5.02 Å². The summed E-state index contributed by atoms with van der Waals surface area (Å²) in [6.07, 6.45) is 0.385. The van der Waals surface area contributed by atoms with Crippen molar-refractivity contribution in [3.05, 3.63) is 58.6 Å². The number of nitrogens with one attached hydrogen (secondary N) is 1. The quantitative estimate of drug-likeness (QED) is 0.874. The van der Waals surface area contributed by atoms with Gasteiger partial charge in [0.2, 0.25) is 0 Å². The molecule has 22 heavy (non-hydrogen) atoms. The Morgan fingerprint density at radius 2 is 1.91 bits per heavy atom.